The minimum atomic E-state index is -1.69. The first-order chi connectivity index (χ1) is 6.20. The zero-order chi connectivity index (χ0) is 11.4. The zero-order valence-corrected chi connectivity index (χ0v) is 11.1. The maximum absolute atomic E-state index is 10.1. The fraction of sp³-hybridized carbons (Fsp3) is 0.727. The van der Waals surface area contributed by atoms with Gasteiger partial charge < -0.3 is 4.43 Å². The minimum Gasteiger partial charge on any atom is -0.411 e. The topological polar surface area (TPSA) is 26.3 Å². The van der Waals surface area contributed by atoms with Gasteiger partial charge in [0, 0.05) is 0 Å². The van der Waals surface area contributed by atoms with E-state index in [4.69, 9.17) is 4.43 Å². The number of allylic oxidation sites excluding steroid dienone is 1. The van der Waals surface area contributed by atoms with E-state index >= 15 is 0 Å². The molecule has 14 heavy (non-hydrogen) atoms. The van der Waals surface area contributed by atoms with E-state index in [2.05, 4.69) is 33.9 Å². The number of rotatable bonds is 4. The lowest BCUT2D eigenvalue weighted by Gasteiger charge is -2.37. The van der Waals surface area contributed by atoms with E-state index in [1.165, 1.54) is 6.08 Å². The lowest BCUT2D eigenvalue weighted by Crippen LogP contribution is -2.42. The molecule has 0 radical (unpaired) electrons. The standard InChI is InChI=1S/C11H22O2Si/c1-10(8-7-9-12)13-14(5,6)11(2,3)4/h7-10H,1-6H3/b8-7+. The molecular formula is C11H22O2Si. The Morgan fingerprint density at radius 2 is 1.79 bits per heavy atom. The summed E-state index contributed by atoms with van der Waals surface area (Å²) in [4.78, 5) is 10.1. The minimum absolute atomic E-state index is 0.0288. The van der Waals surface area contributed by atoms with E-state index in [1.54, 1.807) is 6.08 Å². The van der Waals surface area contributed by atoms with Crippen molar-refractivity contribution in [2.24, 2.45) is 0 Å². The van der Waals surface area contributed by atoms with Gasteiger partial charge in [-0.05, 0) is 31.1 Å². The lowest BCUT2D eigenvalue weighted by molar-refractivity contribution is -0.104. The number of carbonyl (C=O) groups excluding carboxylic acids is 1. The highest BCUT2D eigenvalue weighted by molar-refractivity contribution is 6.74. The number of hydrogen-bond donors (Lipinski definition) is 0. The second-order valence-electron chi connectivity index (χ2n) is 5.10. The maximum atomic E-state index is 10.1. The SMILES string of the molecule is CC(/C=C/C=O)O[Si](C)(C)C(C)(C)C. The molecule has 0 aromatic rings. The molecule has 0 aliphatic heterocycles. The van der Waals surface area contributed by atoms with Crippen LogP contribution in [0.25, 0.3) is 0 Å². The molecule has 0 fully saturated rings. The highest BCUT2D eigenvalue weighted by Gasteiger charge is 2.37. The van der Waals surface area contributed by atoms with Crippen molar-refractivity contribution in [2.75, 3.05) is 0 Å². The maximum Gasteiger partial charge on any atom is 0.192 e. The molecule has 0 aliphatic rings. The summed E-state index contributed by atoms with van der Waals surface area (Å²) in [5, 5.41) is 0.219. The largest absolute Gasteiger partial charge is 0.411 e. The summed E-state index contributed by atoms with van der Waals surface area (Å²) in [7, 11) is -1.69. The lowest BCUT2D eigenvalue weighted by atomic mass is 10.2. The Hall–Kier alpha value is -0.413. The Kier molecular flexibility index (Phi) is 4.75. The molecule has 0 aromatic carbocycles. The average Bonchev–Trinajstić information content (AvgIpc) is 1.97. The van der Waals surface area contributed by atoms with Crippen molar-refractivity contribution in [3.63, 3.8) is 0 Å². The zero-order valence-electron chi connectivity index (χ0n) is 10.1. The molecule has 0 heterocycles. The summed E-state index contributed by atoms with van der Waals surface area (Å²) in [5.41, 5.74) is 0. The smallest absolute Gasteiger partial charge is 0.192 e. The van der Waals surface area contributed by atoms with Crippen LogP contribution < -0.4 is 0 Å². The van der Waals surface area contributed by atoms with Gasteiger partial charge in [-0.2, -0.15) is 0 Å². The number of aldehydes is 1. The second kappa shape index (κ2) is 4.89. The van der Waals surface area contributed by atoms with E-state index in [0.717, 1.165) is 6.29 Å². The predicted octanol–water partition coefficient (Wildman–Crippen LogP) is 3.15. The van der Waals surface area contributed by atoms with E-state index in [1.807, 2.05) is 6.92 Å². The molecule has 0 spiro atoms. The van der Waals surface area contributed by atoms with Crippen molar-refractivity contribution >= 4 is 14.6 Å². The first-order valence-corrected chi connectivity index (χ1v) is 7.91. The Labute approximate surface area is 88.5 Å². The van der Waals surface area contributed by atoms with Gasteiger partial charge in [0.2, 0.25) is 0 Å². The summed E-state index contributed by atoms with van der Waals surface area (Å²) in [6.07, 6.45) is 4.11. The number of hydrogen-bond acceptors (Lipinski definition) is 2. The van der Waals surface area contributed by atoms with Gasteiger partial charge in [0.15, 0.2) is 8.32 Å². The van der Waals surface area contributed by atoms with Gasteiger partial charge in [-0.3, -0.25) is 4.79 Å². The molecule has 0 rings (SSSR count). The van der Waals surface area contributed by atoms with E-state index < -0.39 is 8.32 Å². The Bertz CT molecular complexity index is 214. The van der Waals surface area contributed by atoms with Crippen molar-refractivity contribution in [2.45, 2.75) is 51.9 Å². The van der Waals surface area contributed by atoms with Gasteiger partial charge in [0.05, 0.1) is 6.10 Å². The van der Waals surface area contributed by atoms with Gasteiger partial charge in [-0.1, -0.05) is 26.8 Å². The fourth-order valence-electron chi connectivity index (χ4n) is 0.883. The molecule has 2 nitrogen and oxygen atoms in total. The van der Waals surface area contributed by atoms with Gasteiger partial charge in [0.1, 0.15) is 6.29 Å². The molecule has 1 atom stereocenters. The van der Waals surface area contributed by atoms with E-state index in [0.29, 0.717) is 0 Å². The van der Waals surface area contributed by atoms with Crippen LogP contribution in [0.3, 0.4) is 0 Å². The molecule has 0 amide bonds. The van der Waals surface area contributed by atoms with Crippen molar-refractivity contribution in [1.29, 1.82) is 0 Å². The fourth-order valence-corrected chi connectivity index (χ4v) is 2.24. The quantitative estimate of drug-likeness (QED) is 0.408. The van der Waals surface area contributed by atoms with Crippen LogP contribution in [0.15, 0.2) is 12.2 Å². The summed E-state index contributed by atoms with van der Waals surface area (Å²) >= 11 is 0. The van der Waals surface area contributed by atoms with Crippen LogP contribution in [0.2, 0.25) is 18.1 Å². The van der Waals surface area contributed by atoms with Crippen molar-refractivity contribution < 1.29 is 9.22 Å². The Morgan fingerprint density at radius 1 is 1.29 bits per heavy atom. The predicted molar refractivity (Wildman–Crippen MR) is 62.9 cm³/mol. The van der Waals surface area contributed by atoms with Crippen LogP contribution in [0.4, 0.5) is 0 Å². The third-order valence-corrected chi connectivity index (χ3v) is 7.32. The highest BCUT2D eigenvalue weighted by Crippen LogP contribution is 2.37. The van der Waals surface area contributed by atoms with Crippen LogP contribution >= 0.6 is 0 Å². The van der Waals surface area contributed by atoms with Gasteiger partial charge in [-0.25, -0.2) is 0 Å². The Morgan fingerprint density at radius 3 is 2.14 bits per heavy atom. The van der Waals surface area contributed by atoms with Gasteiger partial charge in [-0.15, -0.1) is 0 Å². The van der Waals surface area contributed by atoms with Crippen LogP contribution in [0.5, 0.6) is 0 Å². The molecule has 0 bridgehead atoms. The first kappa shape index (κ1) is 13.6. The average molecular weight is 214 g/mol. The van der Waals surface area contributed by atoms with Crippen LogP contribution in [0, 0.1) is 0 Å². The van der Waals surface area contributed by atoms with Gasteiger partial charge >= 0.3 is 0 Å². The number of carbonyl (C=O) groups is 1. The van der Waals surface area contributed by atoms with E-state index in [-0.39, 0.29) is 11.1 Å². The summed E-state index contributed by atoms with van der Waals surface area (Å²) in [6, 6.07) is 0. The van der Waals surface area contributed by atoms with Gasteiger partial charge in [0.25, 0.3) is 0 Å². The third-order valence-electron chi connectivity index (χ3n) is 2.75. The summed E-state index contributed by atoms with van der Waals surface area (Å²) in [6.45, 7) is 13.0. The third kappa shape index (κ3) is 4.20. The Balaban J connectivity index is 4.36. The van der Waals surface area contributed by atoms with Crippen molar-refractivity contribution in [3.8, 4) is 0 Å². The molecule has 82 valence electrons. The molecular weight excluding hydrogens is 192 g/mol. The normalized spacial score (nSPS) is 15.9. The van der Waals surface area contributed by atoms with Crippen molar-refractivity contribution in [3.05, 3.63) is 12.2 Å². The summed E-state index contributed by atoms with van der Waals surface area (Å²) in [5.74, 6) is 0. The monoisotopic (exact) mass is 214 g/mol. The molecule has 0 saturated heterocycles. The highest BCUT2D eigenvalue weighted by atomic mass is 28.4. The van der Waals surface area contributed by atoms with Crippen LogP contribution in [0.1, 0.15) is 27.7 Å². The van der Waals surface area contributed by atoms with Crippen molar-refractivity contribution in [1.82, 2.24) is 0 Å². The van der Waals surface area contributed by atoms with E-state index in [9.17, 15) is 4.79 Å². The molecule has 0 aromatic heterocycles. The molecule has 0 aliphatic carbocycles. The molecule has 3 heteroatoms. The molecule has 0 saturated carbocycles. The second-order valence-corrected chi connectivity index (χ2v) is 9.86. The summed E-state index contributed by atoms with van der Waals surface area (Å²) < 4.78 is 6.00. The van der Waals surface area contributed by atoms with Crippen LogP contribution in [-0.2, 0) is 9.22 Å². The van der Waals surface area contributed by atoms with Crippen LogP contribution in [-0.4, -0.2) is 20.7 Å². The first-order valence-electron chi connectivity index (χ1n) is 5.00. The molecule has 0 N–H and O–H groups in total. The molecule has 1 unspecified atom stereocenters.